The highest BCUT2D eigenvalue weighted by molar-refractivity contribution is 5.95. The zero-order valence-electron chi connectivity index (χ0n) is 19.0. The van der Waals surface area contributed by atoms with E-state index in [1.54, 1.807) is 19.1 Å². The van der Waals surface area contributed by atoms with Crippen molar-refractivity contribution in [1.29, 1.82) is 0 Å². The first-order valence-electron chi connectivity index (χ1n) is 10.2. The number of benzene rings is 2. The molecule has 1 amide bonds. The SMILES string of the molecule is COc1cc(CCC(=O)O[C@H](C)C(=O)Nc2ccc(C(C)C)cc2)cc(OC)c1OC. The Morgan fingerprint density at radius 2 is 1.48 bits per heavy atom. The second kappa shape index (κ2) is 11.2. The average Bonchev–Trinajstić information content (AvgIpc) is 2.76. The number of rotatable bonds is 10. The molecule has 0 heterocycles. The maximum Gasteiger partial charge on any atom is 0.306 e. The molecule has 0 aliphatic rings. The van der Waals surface area contributed by atoms with Crippen molar-refractivity contribution in [3.05, 3.63) is 47.5 Å². The van der Waals surface area contributed by atoms with Crippen molar-refractivity contribution in [3.8, 4) is 17.2 Å². The summed E-state index contributed by atoms with van der Waals surface area (Å²) in [5.74, 6) is 1.09. The van der Waals surface area contributed by atoms with E-state index in [-0.39, 0.29) is 12.3 Å². The normalized spacial score (nSPS) is 11.6. The molecular weight excluding hydrogens is 398 g/mol. The van der Waals surface area contributed by atoms with E-state index in [0.29, 0.717) is 35.3 Å². The summed E-state index contributed by atoms with van der Waals surface area (Å²) in [4.78, 5) is 24.6. The molecule has 0 spiro atoms. The Morgan fingerprint density at radius 1 is 0.903 bits per heavy atom. The minimum Gasteiger partial charge on any atom is -0.493 e. The molecule has 31 heavy (non-hydrogen) atoms. The molecule has 0 saturated carbocycles. The van der Waals surface area contributed by atoms with Crippen LogP contribution in [-0.2, 0) is 20.7 Å². The smallest absolute Gasteiger partial charge is 0.306 e. The summed E-state index contributed by atoms with van der Waals surface area (Å²) in [5, 5.41) is 2.77. The third kappa shape index (κ3) is 6.64. The van der Waals surface area contributed by atoms with Gasteiger partial charge >= 0.3 is 5.97 Å². The topological polar surface area (TPSA) is 83.1 Å². The number of hydrogen-bond donors (Lipinski definition) is 1. The van der Waals surface area contributed by atoms with Crippen molar-refractivity contribution in [1.82, 2.24) is 0 Å². The number of aryl methyl sites for hydroxylation is 1. The van der Waals surface area contributed by atoms with Gasteiger partial charge in [0.1, 0.15) is 0 Å². The van der Waals surface area contributed by atoms with Crippen LogP contribution in [0.3, 0.4) is 0 Å². The highest BCUT2D eigenvalue weighted by Gasteiger charge is 2.19. The van der Waals surface area contributed by atoms with E-state index in [9.17, 15) is 9.59 Å². The number of methoxy groups -OCH3 is 3. The molecule has 7 nitrogen and oxygen atoms in total. The Balaban J connectivity index is 1.91. The van der Waals surface area contributed by atoms with Gasteiger partial charge in [-0.2, -0.15) is 0 Å². The average molecular weight is 430 g/mol. The van der Waals surface area contributed by atoms with Crippen LogP contribution in [0.25, 0.3) is 0 Å². The number of esters is 1. The summed E-state index contributed by atoms with van der Waals surface area (Å²) in [6.45, 7) is 5.76. The number of carbonyl (C=O) groups is 2. The van der Waals surface area contributed by atoms with E-state index in [2.05, 4.69) is 19.2 Å². The molecule has 1 N–H and O–H groups in total. The molecule has 168 valence electrons. The molecule has 1 atom stereocenters. The largest absolute Gasteiger partial charge is 0.493 e. The molecule has 0 fully saturated rings. The van der Waals surface area contributed by atoms with Crippen LogP contribution in [0.1, 0.15) is 44.2 Å². The first-order valence-corrected chi connectivity index (χ1v) is 10.2. The van der Waals surface area contributed by atoms with Gasteiger partial charge in [-0.3, -0.25) is 9.59 Å². The van der Waals surface area contributed by atoms with Crippen LogP contribution in [0.5, 0.6) is 17.2 Å². The van der Waals surface area contributed by atoms with Gasteiger partial charge in [0.2, 0.25) is 5.75 Å². The number of ether oxygens (including phenoxy) is 4. The standard InChI is InChI=1S/C24H31NO6/c1-15(2)18-8-10-19(11-9-18)25-24(27)16(3)31-22(26)12-7-17-13-20(28-4)23(30-6)21(14-17)29-5/h8-11,13-16H,7,12H2,1-6H3,(H,25,27)/t16-/m1/s1. The fourth-order valence-electron chi connectivity index (χ4n) is 3.03. The maximum atomic E-state index is 12.3. The fraction of sp³-hybridized carbons (Fsp3) is 0.417. The van der Waals surface area contributed by atoms with Gasteiger partial charge in [0, 0.05) is 12.1 Å². The number of carbonyl (C=O) groups excluding carboxylic acids is 2. The fourth-order valence-corrected chi connectivity index (χ4v) is 3.03. The number of hydrogen-bond acceptors (Lipinski definition) is 6. The summed E-state index contributed by atoms with van der Waals surface area (Å²) in [5.41, 5.74) is 2.67. The van der Waals surface area contributed by atoms with Crippen LogP contribution in [-0.4, -0.2) is 39.3 Å². The molecule has 7 heteroatoms. The maximum absolute atomic E-state index is 12.3. The second-order valence-corrected chi connectivity index (χ2v) is 7.43. The molecular formula is C24H31NO6. The van der Waals surface area contributed by atoms with E-state index in [1.807, 2.05) is 24.3 Å². The Hall–Kier alpha value is -3.22. The zero-order valence-corrected chi connectivity index (χ0v) is 19.0. The van der Waals surface area contributed by atoms with Crippen molar-refractivity contribution in [2.75, 3.05) is 26.6 Å². The van der Waals surface area contributed by atoms with Gasteiger partial charge in [-0.25, -0.2) is 0 Å². The highest BCUT2D eigenvalue weighted by Crippen LogP contribution is 2.38. The Bertz CT molecular complexity index is 866. The Morgan fingerprint density at radius 3 is 1.97 bits per heavy atom. The van der Waals surface area contributed by atoms with Crippen LogP contribution >= 0.6 is 0 Å². The van der Waals surface area contributed by atoms with Crippen molar-refractivity contribution in [2.24, 2.45) is 0 Å². The van der Waals surface area contributed by atoms with Gasteiger partial charge in [-0.1, -0.05) is 26.0 Å². The number of amides is 1. The monoisotopic (exact) mass is 429 g/mol. The van der Waals surface area contributed by atoms with Crippen LogP contribution in [0, 0.1) is 0 Å². The van der Waals surface area contributed by atoms with E-state index >= 15 is 0 Å². The van der Waals surface area contributed by atoms with Crippen molar-refractivity contribution < 1.29 is 28.5 Å². The number of nitrogens with one attached hydrogen (secondary N) is 1. The van der Waals surface area contributed by atoms with E-state index in [1.165, 1.54) is 26.9 Å². The lowest BCUT2D eigenvalue weighted by molar-refractivity contribution is -0.153. The molecule has 0 radical (unpaired) electrons. The highest BCUT2D eigenvalue weighted by atomic mass is 16.5. The third-order valence-electron chi connectivity index (χ3n) is 4.86. The minimum atomic E-state index is -0.905. The van der Waals surface area contributed by atoms with E-state index < -0.39 is 12.1 Å². The van der Waals surface area contributed by atoms with Crippen molar-refractivity contribution in [3.63, 3.8) is 0 Å². The van der Waals surface area contributed by atoms with Gasteiger partial charge in [0.25, 0.3) is 5.91 Å². The molecule has 0 bridgehead atoms. The van der Waals surface area contributed by atoms with Crippen LogP contribution in [0.4, 0.5) is 5.69 Å². The Kier molecular flexibility index (Phi) is 8.73. The van der Waals surface area contributed by atoms with Crippen molar-refractivity contribution in [2.45, 2.75) is 45.6 Å². The zero-order chi connectivity index (χ0) is 23.0. The van der Waals surface area contributed by atoms with Crippen LogP contribution < -0.4 is 19.5 Å². The number of anilines is 1. The molecule has 0 aromatic heterocycles. The van der Waals surface area contributed by atoms with Gasteiger partial charge in [0.15, 0.2) is 17.6 Å². The molecule has 2 aromatic rings. The van der Waals surface area contributed by atoms with Gasteiger partial charge in [-0.15, -0.1) is 0 Å². The molecule has 0 aliphatic heterocycles. The summed E-state index contributed by atoms with van der Waals surface area (Å²) in [7, 11) is 4.60. The second-order valence-electron chi connectivity index (χ2n) is 7.43. The first-order chi connectivity index (χ1) is 14.8. The molecule has 0 saturated heterocycles. The van der Waals surface area contributed by atoms with E-state index in [0.717, 1.165) is 5.56 Å². The van der Waals surface area contributed by atoms with Crippen LogP contribution in [0.15, 0.2) is 36.4 Å². The predicted octanol–water partition coefficient (Wildman–Crippen LogP) is 4.34. The quantitative estimate of drug-likeness (QED) is 0.566. The lowest BCUT2D eigenvalue weighted by Gasteiger charge is -2.15. The molecule has 0 unspecified atom stereocenters. The van der Waals surface area contributed by atoms with E-state index in [4.69, 9.17) is 18.9 Å². The first kappa shape index (κ1) is 24.1. The summed E-state index contributed by atoms with van der Waals surface area (Å²) >= 11 is 0. The summed E-state index contributed by atoms with van der Waals surface area (Å²) < 4.78 is 21.2. The van der Waals surface area contributed by atoms with Crippen LogP contribution in [0.2, 0.25) is 0 Å². The molecule has 0 aliphatic carbocycles. The molecule has 2 rings (SSSR count). The summed E-state index contributed by atoms with van der Waals surface area (Å²) in [6, 6.07) is 11.2. The molecule has 2 aromatic carbocycles. The predicted molar refractivity (Wildman–Crippen MR) is 119 cm³/mol. The van der Waals surface area contributed by atoms with Gasteiger partial charge in [0.05, 0.1) is 21.3 Å². The Labute approximate surface area is 183 Å². The lowest BCUT2D eigenvalue weighted by Crippen LogP contribution is -2.30. The minimum absolute atomic E-state index is 0.110. The lowest BCUT2D eigenvalue weighted by atomic mass is 10.0. The third-order valence-corrected chi connectivity index (χ3v) is 4.86. The summed E-state index contributed by atoms with van der Waals surface area (Å²) in [6.07, 6.45) is -0.392. The van der Waals surface area contributed by atoms with Crippen molar-refractivity contribution >= 4 is 17.6 Å². The van der Waals surface area contributed by atoms with Gasteiger partial charge in [-0.05, 0) is 54.7 Å². The van der Waals surface area contributed by atoms with Gasteiger partial charge < -0.3 is 24.3 Å².